The number of benzene rings is 4. The first-order valence-electron chi connectivity index (χ1n) is 16.9. The van der Waals surface area contributed by atoms with E-state index in [4.69, 9.17) is 56.9 Å². The summed E-state index contributed by atoms with van der Waals surface area (Å²) in [7, 11) is 1.45. The first-order valence-corrected chi connectivity index (χ1v) is 22.1. The fourth-order valence-electron chi connectivity index (χ4n) is 4.44. The number of azo groups is 1. The van der Waals surface area contributed by atoms with E-state index in [1.165, 1.54) is 67.9 Å². The van der Waals surface area contributed by atoms with Gasteiger partial charge in [-0.2, -0.15) is 20.8 Å². The van der Waals surface area contributed by atoms with E-state index < -0.39 is 24.7 Å². The van der Waals surface area contributed by atoms with Crippen molar-refractivity contribution in [2.24, 2.45) is 10.2 Å². The van der Waals surface area contributed by atoms with Gasteiger partial charge in [0, 0.05) is 12.6 Å². The van der Waals surface area contributed by atoms with Crippen molar-refractivity contribution in [3.8, 4) is 29.4 Å². The highest BCUT2D eigenvalue weighted by atomic mass is 35.8. The molecule has 0 fully saturated rings. The molecule has 0 aromatic heterocycles. The summed E-state index contributed by atoms with van der Waals surface area (Å²) in [5.41, 5.74) is 2.02. The van der Waals surface area contributed by atoms with E-state index in [1.54, 1.807) is 54.6 Å². The zero-order valence-electron chi connectivity index (χ0n) is 30.6. The van der Waals surface area contributed by atoms with E-state index in [9.17, 15) is 24.9 Å². The Kier molecular flexibility index (Phi) is 17.0. The van der Waals surface area contributed by atoms with Crippen LogP contribution in [0.2, 0.25) is 0 Å². The Morgan fingerprint density at radius 3 is 1.95 bits per heavy atom. The molecule has 0 bridgehead atoms. The summed E-state index contributed by atoms with van der Waals surface area (Å²) in [6.45, 7) is 3.46. The van der Waals surface area contributed by atoms with E-state index in [1.807, 2.05) is 12.1 Å². The molecule has 0 saturated carbocycles. The summed E-state index contributed by atoms with van der Waals surface area (Å²) < 4.78 is 26.6. The van der Waals surface area contributed by atoms with Gasteiger partial charge in [0.2, 0.25) is 5.76 Å². The molecule has 4 aromatic carbocycles. The summed E-state index contributed by atoms with van der Waals surface area (Å²) in [5.74, 6) is -0.342. The predicted octanol–water partition coefficient (Wildman–Crippen LogP) is 9.20. The molecule has 0 unspecified atom stereocenters. The lowest BCUT2D eigenvalue weighted by Gasteiger charge is -2.19. The van der Waals surface area contributed by atoms with Crippen molar-refractivity contribution in [1.82, 2.24) is 10.2 Å². The normalized spacial score (nSPS) is 11.5. The van der Waals surface area contributed by atoms with Gasteiger partial charge in [-0.1, -0.05) is 24.8 Å². The van der Waals surface area contributed by atoms with Crippen LogP contribution in [0, 0.1) is 22.7 Å². The quantitative estimate of drug-likeness (QED) is 0.00906. The van der Waals surface area contributed by atoms with Gasteiger partial charge < -0.3 is 28.6 Å². The number of ketones is 1. The number of nitriles is 2. The van der Waals surface area contributed by atoms with Crippen LogP contribution in [0.25, 0.3) is 6.08 Å². The third kappa shape index (κ3) is 14.9. The number of hydrogen-bond acceptors (Lipinski definition) is 13. The second-order valence-electron chi connectivity index (χ2n) is 11.6. The van der Waals surface area contributed by atoms with E-state index in [2.05, 4.69) is 22.1 Å². The average Bonchev–Trinajstić information content (AvgIpc) is 3.22. The van der Waals surface area contributed by atoms with Gasteiger partial charge in [-0.15, -0.1) is 33.2 Å². The van der Waals surface area contributed by atoms with Gasteiger partial charge in [0.1, 0.15) is 55.0 Å². The molecule has 58 heavy (non-hydrogen) atoms. The van der Waals surface area contributed by atoms with Crippen LogP contribution in [0.5, 0.6) is 17.2 Å². The minimum atomic E-state index is -3.08. The van der Waals surface area contributed by atoms with Crippen molar-refractivity contribution in [3.05, 3.63) is 144 Å². The highest BCUT2D eigenvalue weighted by Crippen LogP contribution is 2.24. The monoisotopic (exact) mass is 858 g/mol. The maximum Gasteiger partial charge on any atom is 0.414 e. The molecule has 296 valence electrons. The number of halogens is 3. The molecule has 14 nitrogen and oxygen atoms in total. The van der Waals surface area contributed by atoms with Crippen LogP contribution in [0.4, 0.5) is 16.2 Å². The molecule has 0 heterocycles. The Bertz CT molecular complexity index is 2230. The van der Waals surface area contributed by atoms with Crippen molar-refractivity contribution < 1.29 is 38.1 Å². The minimum Gasteiger partial charge on any atom is -0.486 e. The molecule has 0 atom stereocenters. The lowest BCUT2D eigenvalue weighted by Crippen LogP contribution is -2.38. The largest absolute Gasteiger partial charge is 0.486 e. The highest BCUT2D eigenvalue weighted by molar-refractivity contribution is 7.64. The molecule has 0 aliphatic rings. The average molecular weight is 860 g/mol. The van der Waals surface area contributed by atoms with Gasteiger partial charge in [0.05, 0.1) is 29.4 Å². The number of esters is 1. The van der Waals surface area contributed by atoms with Crippen LogP contribution in [0.3, 0.4) is 0 Å². The fraction of sp³-hybridized carbons (Fsp3) is 0.125. The summed E-state index contributed by atoms with van der Waals surface area (Å²) in [6, 6.07) is 26.0. The Morgan fingerprint density at radius 2 is 1.36 bits per heavy atom. The van der Waals surface area contributed by atoms with Crippen LogP contribution in [-0.2, 0) is 9.47 Å². The molecular weight excluding hydrogens is 827 g/mol. The Hall–Kier alpha value is -6.46. The van der Waals surface area contributed by atoms with E-state index in [0.717, 1.165) is 4.90 Å². The first-order chi connectivity index (χ1) is 27.9. The van der Waals surface area contributed by atoms with E-state index >= 15 is 0 Å². The molecule has 0 aliphatic carbocycles. The summed E-state index contributed by atoms with van der Waals surface area (Å²) in [5, 5.41) is 30.6. The van der Waals surface area contributed by atoms with Gasteiger partial charge in [-0.3, -0.25) is 10.1 Å². The SMILES string of the molecule is C=COCNCOc1ccc(N=Nc2ccc(C(=O)OC/C(C#N)=C(\C#N)Oc3ccc(/C=C/C(=O)c4ccc(OC(=O)N(C)C[Si](Cl)(Cl)Cl)cc4)cc3)cc2)cc1. The minimum absolute atomic E-state index is 0.0456. The van der Waals surface area contributed by atoms with Gasteiger partial charge in [0.15, 0.2) is 5.78 Å². The standard InChI is InChI=1S/C40H33Cl3N6O8Si/c1-3-53-25-46-26-55-34-19-13-33(14-20-34)48-47-32-11-7-30(8-12-32)39(51)54-24-31(22-44)38(23-45)56-35-15-4-28(5-16-35)6-21-37(50)29-9-17-36(18-10-29)57-40(52)49(2)27-58(41,42)43/h3-21,46H,1,24-27H2,2H3/b21-6+,38-31+,48-47?. The van der Waals surface area contributed by atoms with Crippen LogP contribution in [0.1, 0.15) is 26.3 Å². The third-order valence-electron chi connectivity index (χ3n) is 7.32. The summed E-state index contributed by atoms with van der Waals surface area (Å²) >= 11 is 17.5. The van der Waals surface area contributed by atoms with Gasteiger partial charge in [-0.25, -0.2) is 9.59 Å². The summed E-state index contributed by atoms with van der Waals surface area (Å²) in [6.07, 6.45) is 3.51. The number of allylic oxidation sites excluding steroid dienone is 2. The Morgan fingerprint density at radius 1 is 0.793 bits per heavy atom. The van der Waals surface area contributed by atoms with Gasteiger partial charge >= 0.3 is 18.1 Å². The zero-order chi connectivity index (χ0) is 41.9. The van der Waals surface area contributed by atoms with Gasteiger partial charge in [-0.05, 0) is 96.6 Å². The molecule has 0 spiro atoms. The lowest BCUT2D eigenvalue weighted by atomic mass is 10.1. The smallest absolute Gasteiger partial charge is 0.414 e. The van der Waals surface area contributed by atoms with Crippen molar-refractivity contribution in [3.63, 3.8) is 0 Å². The fourth-order valence-corrected chi connectivity index (χ4v) is 6.72. The van der Waals surface area contributed by atoms with Crippen molar-refractivity contribution in [1.29, 1.82) is 10.5 Å². The molecule has 1 N–H and O–H groups in total. The second-order valence-corrected chi connectivity index (χ2v) is 20.7. The number of carbonyl (C=O) groups excluding carboxylic acids is 3. The number of amides is 1. The first kappa shape index (κ1) is 44.3. The molecule has 0 aliphatic heterocycles. The maximum atomic E-state index is 12.7. The van der Waals surface area contributed by atoms with Crippen LogP contribution in [0.15, 0.2) is 138 Å². The number of rotatable bonds is 19. The highest BCUT2D eigenvalue weighted by Gasteiger charge is 2.30. The number of ether oxygens (including phenoxy) is 5. The van der Waals surface area contributed by atoms with Crippen molar-refractivity contribution >= 4 is 74.5 Å². The molecule has 18 heteroatoms. The predicted molar refractivity (Wildman–Crippen MR) is 219 cm³/mol. The zero-order valence-corrected chi connectivity index (χ0v) is 33.9. The van der Waals surface area contributed by atoms with Crippen molar-refractivity contribution in [2.45, 2.75) is 0 Å². The van der Waals surface area contributed by atoms with Crippen LogP contribution < -0.4 is 19.5 Å². The van der Waals surface area contributed by atoms with E-state index in [-0.39, 0.29) is 53.8 Å². The Balaban J connectivity index is 1.26. The lowest BCUT2D eigenvalue weighted by molar-refractivity contribution is 0.0541. The van der Waals surface area contributed by atoms with Crippen LogP contribution in [-0.4, -0.2) is 62.0 Å². The number of hydrogen-bond donors (Lipinski definition) is 1. The van der Waals surface area contributed by atoms with Crippen molar-refractivity contribution in [2.75, 3.05) is 33.3 Å². The molecule has 4 aromatic rings. The number of nitrogens with one attached hydrogen (secondary N) is 1. The Labute approximate surface area is 348 Å². The molecule has 0 radical (unpaired) electrons. The summed E-state index contributed by atoms with van der Waals surface area (Å²) in [4.78, 5) is 38.8. The maximum absolute atomic E-state index is 12.7. The molecule has 4 rings (SSSR count). The van der Waals surface area contributed by atoms with E-state index in [0.29, 0.717) is 28.3 Å². The topological polar surface area (TPSA) is 185 Å². The van der Waals surface area contributed by atoms with Gasteiger partial charge in [0.25, 0.3) is 0 Å². The number of nitrogens with zero attached hydrogens (tertiary/aromatic N) is 5. The molecule has 0 saturated heterocycles. The number of carbonyl (C=O) groups is 3. The third-order valence-corrected chi connectivity index (χ3v) is 9.23. The molecule has 1 amide bonds. The second kappa shape index (κ2) is 22.3. The molecular formula is C40H33Cl3N6O8Si. The van der Waals surface area contributed by atoms with Crippen LogP contribution >= 0.6 is 33.2 Å².